The minimum absolute atomic E-state index is 0.0826. The minimum atomic E-state index is -0.0826. The molecule has 2 aromatic heterocycles. The Morgan fingerprint density at radius 3 is 2.64 bits per heavy atom. The number of carbonyl (C=O) groups is 1. The van der Waals surface area contributed by atoms with Crippen LogP contribution in [0.2, 0.25) is 0 Å². The number of piperidine rings is 1. The predicted octanol–water partition coefficient (Wildman–Crippen LogP) is 2.64. The van der Waals surface area contributed by atoms with Crippen LogP contribution in [-0.2, 0) is 13.1 Å². The van der Waals surface area contributed by atoms with Gasteiger partial charge in [0.1, 0.15) is 18.5 Å². The standard InChI is InChI=1S/C21H24N6O/c28-21(18-8-6-17(7-9-18)14-27-16-22-15-25-27)24-13-19-5-4-10-23-20(19)26-11-2-1-3-12-26/h4-10,15-16H,1-3,11-14H2,(H,24,28). The number of hydrogen-bond donors (Lipinski definition) is 1. The topological polar surface area (TPSA) is 75.9 Å². The van der Waals surface area contributed by atoms with Gasteiger partial charge in [0, 0.05) is 37.0 Å². The molecule has 0 saturated carbocycles. The van der Waals surface area contributed by atoms with Gasteiger partial charge in [0.15, 0.2) is 0 Å². The Morgan fingerprint density at radius 1 is 1.07 bits per heavy atom. The van der Waals surface area contributed by atoms with Crippen molar-refractivity contribution in [2.75, 3.05) is 18.0 Å². The number of nitrogens with zero attached hydrogens (tertiary/aromatic N) is 5. The van der Waals surface area contributed by atoms with Crippen molar-refractivity contribution < 1.29 is 4.79 Å². The molecule has 3 aromatic rings. The minimum Gasteiger partial charge on any atom is -0.356 e. The molecule has 0 atom stereocenters. The number of pyridine rings is 1. The fraction of sp³-hybridized carbons (Fsp3) is 0.333. The highest BCUT2D eigenvalue weighted by Crippen LogP contribution is 2.21. The Balaban J connectivity index is 1.38. The maximum Gasteiger partial charge on any atom is 0.251 e. The third-order valence-electron chi connectivity index (χ3n) is 4.99. The fourth-order valence-electron chi connectivity index (χ4n) is 3.50. The van der Waals surface area contributed by atoms with Crippen LogP contribution in [0.15, 0.2) is 55.2 Å². The first-order valence-electron chi connectivity index (χ1n) is 9.68. The normalized spacial score (nSPS) is 14.1. The molecule has 7 heteroatoms. The molecular formula is C21H24N6O. The van der Waals surface area contributed by atoms with Gasteiger partial charge in [0.05, 0.1) is 6.54 Å². The Labute approximate surface area is 164 Å². The largest absolute Gasteiger partial charge is 0.356 e. The van der Waals surface area contributed by atoms with E-state index in [1.165, 1.54) is 25.6 Å². The van der Waals surface area contributed by atoms with E-state index in [1.54, 1.807) is 11.0 Å². The van der Waals surface area contributed by atoms with E-state index in [9.17, 15) is 4.79 Å². The van der Waals surface area contributed by atoms with Crippen molar-refractivity contribution >= 4 is 11.7 Å². The van der Waals surface area contributed by atoms with Gasteiger partial charge in [-0.15, -0.1) is 0 Å². The van der Waals surface area contributed by atoms with Crippen LogP contribution < -0.4 is 10.2 Å². The summed E-state index contributed by atoms with van der Waals surface area (Å²) in [5.74, 6) is 0.909. The summed E-state index contributed by atoms with van der Waals surface area (Å²) < 4.78 is 1.75. The van der Waals surface area contributed by atoms with Crippen molar-refractivity contribution in [3.8, 4) is 0 Å². The van der Waals surface area contributed by atoms with Crippen molar-refractivity contribution in [1.82, 2.24) is 25.1 Å². The Morgan fingerprint density at radius 2 is 1.89 bits per heavy atom. The van der Waals surface area contributed by atoms with E-state index in [0.29, 0.717) is 18.7 Å². The zero-order valence-corrected chi connectivity index (χ0v) is 15.8. The van der Waals surface area contributed by atoms with Gasteiger partial charge in [-0.05, 0) is 43.0 Å². The van der Waals surface area contributed by atoms with E-state index in [1.807, 2.05) is 42.6 Å². The third kappa shape index (κ3) is 4.36. The second-order valence-corrected chi connectivity index (χ2v) is 7.01. The number of hydrogen-bond acceptors (Lipinski definition) is 5. The Hall–Kier alpha value is -3.22. The second kappa shape index (κ2) is 8.65. The molecule has 28 heavy (non-hydrogen) atoms. The lowest BCUT2D eigenvalue weighted by molar-refractivity contribution is 0.0951. The summed E-state index contributed by atoms with van der Waals surface area (Å²) in [5, 5.41) is 7.12. The molecule has 1 amide bonds. The number of amides is 1. The van der Waals surface area contributed by atoms with Crippen molar-refractivity contribution in [2.45, 2.75) is 32.4 Å². The molecule has 3 heterocycles. The number of benzene rings is 1. The van der Waals surface area contributed by atoms with Gasteiger partial charge in [-0.2, -0.15) is 5.10 Å². The number of carbonyl (C=O) groups excluding carboxylic acids is 1. The van der Waals surface area contributed by atoms with Crippen LogP contribution >= 0.6 is 0 Å². The van der Waals surface area contributed by atoms with E-state index in [0.717, 1.165) is 30.0 Å². The highest BCUT2D eigenvalue weighted by molar-refractivity contribution is 5.94. The van der Waals surface area contributed by atoms with Gasteiger partial charge in [0.2, 0.25) is 0 Å². The molecule has 144 valence electrons. The molecule has 7 nitrogen and oxygen atoms in total. The number of aromatic nitrogens is 4. The van der Waals surface area contributed by atoms with Gasteiger partial charge in [-0.3, -0.25) is 4.79 Å². The van der Waals surface area contributed by atoms with E-state index in [-0.39, 0.29) is 5.91 Å². The molecular weight excluding hydrogens is 352 g/mol. The summed E-state index contributed by atoms with van der Waals surface area (Å²) in [6.07, 6.45) is 8.69. The summed E-state index contributed by atoms with van der Waals surface area (Å²) in [6.45, 7) is 3.17. The molecule has 1 aliphatic rings. The molecule has 0 radical (unpaired) electrons. The van der Waals surface area contributed by atoms with E-state index < -0.39 is 0 Å². The first-order chi connectivity index (χ1) is 13.8. The van der Waals surface area contributed by atoms with E-state index in [4.69, 9.17) is 0 Å². The summed E-state index contributed by atoms with van der Waals surface area (Å²) in [5.41, 5.74) is 2.77. The lowest BCUT2D eigenvalue weighted by atomic mass is 10.1. The first-order valence-corrected chi connectivity index (χ1v) is 9.68. The van der Waals surface area contributed by atoms with Crippen LogP contribution in [0.1, 0.15) is 40.7 Å². The lowest BCUT2D eigenvalue weighted by Gasteiger charge is -2.29. The predicted molar refractivity (Wildman–Crippen MR) is 107 cm³/mol. The first kappa shape index (κ1) is 18.2. The van der Waals surface area contributed by atoms with Crippen molar-refractivity contribution in [1.29, 1.82) is 0 Å². The van der Waals surface area contributed by atoms with Gasteiger partial charge in [0.25, 0.3) is 5.91 Å². The molecule has 1 aliphatic heterocycles. The highest BCUT2D eigenvalue weighted by Gasteiger charge is 2.16. The van der Waals surface area contributed by atoms with Crippen LogP contribution in [0.4, 0.5) is 5.82 Å². The molecule has 1 N–H and O–H groups in total. The van der Waals surface area contributed by atoms with Crippen LogP contribution in [-0.4, -0.2) is 38.7 Å². The van der Waals surface area contributed by atoms with E-state index in [2.05, 4.69) is 25.3 Å². The fourth-order valence-corrected chi connectivity index (χ4v) is 3.50. The summed E-state index contributed by atoms with van der Waals surface area (Å²) in [6, 6.07) is 11.5. The average molecular weight is 376 g/mol. The third-order valence-corrected chi connectivity index (χ3v) is 4.99. The molecule has 0 aliphatic carbocycles. The second-order valence-electron chi connectivity index (χ2n) is 7.01. The summed E-state index contributed by atoms with van der Waals surface area (Å²) >= 11 is 0. The molecule has 0 bridgehead atoms. The van der Waals surface area contributed by atoms with Crippen LogP contribution in [0.5, 0.6) is 0 Å². The number of anilines is 1. The smallest absolute Gasteiger partial charge is 0.251 e. The Kier molecular flexibility index (Phi) is 5.61. The van der Waals surface area contributed by atoms with Crippen molar-refractivity contribution in [2.24, 2.45) is 0 Å². The number of nitrogens with one attached hydrogen (secondary N) is 1. The Bertz CT molecular complexity index is 901. The van der Waals surface area contributed by atoms with Crippen LogP contribution in [0, 0.1) is 0 Å². The van der Waals surface area contributed by atoms with Gasteiger partial charge in [-0.1, -0.05) is 18.2 Å². The van der Waals surface area contributed by atoms with Crippen LogP contribution in [0.3, 0.4) is 0 Å². The highest BCUT2D eigenvalue weighted by atomic mass is 16.1. The summed E-state index contributed by atoms with van der Waals surface area (Å²) in [7, 11) is 0. The van der Waals surface area contributed by atoms with Gasteiger partial charge < -0.3 is 10.2 Å². The summed E-state index contributed by atoms with van der Waals surface area (Å²) in [4.78, 5) is 23.4. The molecule has 1 fully saturated rings. The zero-order chi connectivity index (χ0) is 19.2. The molecule has 4 rings (SSSR count). The van der Waals surface area contributed by atoms with Crippen molar-refractivity contribution in [3.05, 3.63) is 71.9 Å². The molecule has 1 aromatic carbocycles. The van der Waals surface area contributed by atoms with Crippen molar-refractivity contribution in [3.63, 3.8) is 0 Å². The average Bonchev–Trinajstić information content (AvgIpc) is 3.26. The zero-order valence-electron chi connectivity index (χ0n) is 15.8. The molecule has 0 unspecified atom stereocenters. The van der Waals surface area contributed by atoms with Gasteiger partial charge in [-0.25, -0.2) is 14.6 Å². The lowest BCUT2D eigenvalue weighted by Crippen LogP contribution is -2.32. The monoisotopic (exact) mass is 376 g/mol. The van der Waals surface area contributed by atoms with Crippen LogP contribution in [0.25, 0.3) is 0 Å². The molecule has 0 spiro atoms. The SMILES string of the molecule is O=C(NCc1cccnc1N1CCCCC1)c1ccc(Cn2cncn2)cc1. The molecule has 1 saturated heterocycles. The quantitative estimate of drug-likeness (QED) is 0.716. The van der Waals surface area contributed by atoms with E-state index >= 15 is 0 Å². The maximum atomic E-state index is 12.6. The number of rotatable bonds is 6. The maximum absolute atomic E-state index is 12.6. The van der Waals surface area contributed by atoms with Gasteiger partial charge >= 0.3 is 0 Å².